The van der Waals surface area contributed by atoms with Gasteiger partial charge in [0.15, 0.2) is 5.78 Å². The van der Waals surface area contributed by atoms with Crippen LogP contribution >= 0.6 is 0 Å². The van der Waals surface area contributed by atoms with Crippen LogP contribution < -0.4 is 10.1 Å². The van der Waals surface area contributed by atoms with E-state index in [1.54, 1.807) is 19.1 Å². The molecule has 6 heteroatoms. The zero-order chi connectivity index (χ0) is 21.8. The van der Waals surface area contributed by atoms with Crippen LogP contribution in [0.3, 0.4) is 0 Å². The lowest BCUT2D eigenvalue weighted by atomic mass is 9.75. The van der Waals surface area contributed by atoms with E-state index >= 15 is 0 Å². The second-order valence-electron chi connectivity index (χ2n) is 7.61. The number of hydrogen-bond acceptors (Lipinski definition) is 5. The average molecular weight is 421 g/mol. The summed E-state index contributed by atoms with van der Waals surface area (Å²) in [5.74, 6) is -0.758. The molecule has 1 aliphatic carbocycles. The number of dihydropyridines is 1. The molecule has 0 spiro atoms. The predicted molar refractivity (Wildman–Crippen MR) is 114 cm³/mol. The molecule has 1 aliphatic heterocycles. The fourth-order valence-electron chi connectivity index (χ4n) is 4.13. The lowest BCUT2D eigenvalue weighted by Crippen LogP contribution is -2.34. The highest BCUT2D eigenvalue weighted by Gasteiger charge is 2.39. The number of carbonyl (C=O) groups excluding carboxylic acids is 2. The summed E-state index contributed by atoms with van der Waals surface area (Å²) in [5.41, 5.74) is 3.14. The minimum absolute atomic E-state index is 0.00767. The average Bonchev–Trinajstić information content (AvgIpc) is 2.77. The standard InChI is InChI=1S/C25H24FNO4/c1-16-22(25(29)31-15-14-30-19-6-3-2-4-7-19)23(17-10-12-18(26)13-11-17)24-20(27-16)8-5-9-21(24)28/h2-4,6-7,10-13,23,27H,5,8-9,14-15H2,1H3. The van der Waals surface area contributed by atoms with E-state index in [-0.39, 0.29) is 24.8 Å². The maximum Gasteiger partial charge on any atom is 0.336 e. The summed E-state index contributed by atoms with van der Waals surface area (Å²) >= 11 is 0. The summed E-state index contributed by atoms with van der Waals surface area (Å²) < 4.78 is 24.6. The summed E-state index contributed by atoms with van der Waals surface area (Å²) in [6, 6.07) is 15.2. The third-order valence-corrected chi connectivity index (χ3v) is 5.53. The quantitative estimate of drug-likeness (QED) is 0.553. The molecule has 4 rings (SSSR count). The van der Waals surface area contributed by atoms with Gasteiger partial charge in [0.05, 0.1) is 5.57 Å². The van der Waals surface area contributed by atoms with Crippen molar-refractivity contribution in [3.8, 4) is 5.75 Å². The van der Waals surface area contributed by atoms with Crippen molar-refractivity contribution in [2.45, 2.75) is 32.1 Å². The Kier molecular flexibility index (Phi) is 6.16. The fraction of sp³-hybridized carbons (Fsp3) is 0.280. The summed E-state index contributed by atoms with van der Waals surface area (Å²) in [4.78, 5) is 25.9. The lowest BCUT2D eigenvalue weighted by Gasteiger charge is -2.34. The third-order valence-electron chi connectivity index (χ3n) is 5.53. The van der Waals surface area contributed by atoms with Crippen LogP contribution in [0.25, 0.3) is 0 Å². The molecule has 0 bridgehead atoms. The van der Waals surface area contributed by atoms with Gasteiger partial charge >= 0.3 is 5.97 Å². The second kappa shape index (κ2) is 9.16. The van der Waals surface area contributed by atoms with E-state index in [1.807, 2.05) is 30.3 Å². The first kappa shape index (κ1) is 20.8. The van der Waals surface area contributed by atoms with Crippen molar-refractivity contribution >= 4 is 11.8 Å². The minimum atomic E-state index is -0.577. The molecule has 2 aromatic carbocycles. The SMILES string of the molecule is CC1=C(C(=O)OCCOc2ccccc2)C(c2ccc(F)cc2)C2=C(CCCC2=O)N1. The summed E-state index contributed by atoms with van der Waals surface area (Å²) in [6.45, 7) is 2.08. The summed E-state index contributed by atoms with van der Waals surface area (Å²) in [5, 5.41) is 3.24. The maximum atomic E-state index is 13.5. The van der Waals surface area contributed by atoms with Gasteiger partial charge in [-0.15, -0.1) is 0 Å². The normalized spacial score (nSPS) is 18.4. The first-order valence-corrected chi connectivity index (χ1v) is 10.4. The van der Waals surface area contributed by atoms with E-state index in [0.717, 1.165) is 18.5 Å². The highest BCUT2D eigenvalue weighted by molar-refractivity contribution is 6.03. The fourth-order valence-corrected chi connectivity index (χ4v) is 4.13. The molecule has 1 atom stereocenters. The van der Waals surface area contributed by atoms with Gasteiger partial charge in [-0.3, -0.25) is 4.79 Å². The molecule has 31 heavy (non-hydrogen) atoms. The lowest BCUT2D eigenvalue weighted by molar-refractivity contribution is -0.140. The van der Waals surface area contributed by atoms with Crippen molar-refractivity contribution in [3.05, 3.63) is 88.5 Å². The van der Waals surface area contributed by atoms with Crippen molar-refractivity contribution in [1.29, 1.82) is 0 Å². The molecule has 0 aromatic heterocycles. The van der Waals surface area contributed by atoms with Crippen molar-refractivity contribution in [2.75, 3.05) is 13.2 Å². The molecule has 0 amide bonds. The number of carbonyl (C=O) groups is 2. The second-order valence-corrected chi connectivity index (χ2v) is 7.61. The Balaban J connectivity index is 1.55. The number of nitrogens with one attached hydrogen (secondary N) is 1. The van der Waals surface area contributed by atoms with Gasteiger partial charge in [-0.25, -0.2) is 9.18 Å². The topological polar surface area (TPSA) is 64.6 Å². The number of rotatable bonds is 6. The third kappa shape index (κ3) is 4.53. The van der Waals surface area contributed by atoms with Gasteiger partial charge in [0.1, 0.15) is 24.8 Å². The van der Waals surface area contributed by atoms with Crippen molar-refractivity contribution in [2.24, 2.45) is 0 Å². The van der Waals surface area contributed by atoms with Gasteiger partial charge in [-0.2, -0.15) is 0 Å². The van der Waals surface area contributed by atoms with Crippen molar-refractivity contribution < 1.29 is 23.5 Å². The van der Waals surface area contributed by atoms with Crippen LogP contribution in [-0.2, 0) is 14.3 Å². The number of Topliss-reactive ketones (excluding diaryl/α,β-unsaturated/α-hetero) is 1. The Hall–Kier alpha value is -3.41. The number of ether oxygens (including phenoxy) is 2. The Morgan fingerprint density at radius 2 is 1.81 bits per heavy atom. The Bertz CT molecular complexity index is 1040. The number of halogens is 1. The van der Waals surface area contributed by atoms with E-state index in [9.17, 15) is 14.0 Å². The molecule has 160 valence electrons. The molecule has 0 radical (unpaired) electrons. The Labute approximate surface area is 180 Å². The van der Waals surface area contributed by atoms with Crippen LogP contribution in [-0.4, -0.2) is 25.0 Å². The number of allylic oxidation sites excluding steroid dienone is 3. The largest absolute Gasteiger partial charge is 0.490 e. The highest BCUT2D eigenvalue weighted by Crippen LogP contribution is 2.42. The van der Waals surface area contributed by atoms with Crippen LogP contribution in [0, 0.1) is 5.82 Å². The molecule has 1 unspecified atom stereocenters. The van der Waals surface area contributed by atoms with Crippen LogP contribution in [0.1, 0.15) is 37.7 Å². The molecule has 0 saturated heterocycles. The number of benzene rings is 2. The van der Waals surface area contributed by atoms with E-state index in [0.29, 0.717) is 34.6 Å². The molecular weight excluding hydrogens is 397 g/mol. The van der Waals surface area contributed by atoms with E-state index in [2.05, 4.69) is 5.32 Å². The first-order valence-electron chi connectivity index (χ1n) is 10.4. The number of hydrogen-bond donors (Lipinski definition) is 1. The van der Waals surface area contributed by atoms with Gasteiger partial charge in [0, 0.05) is 29.3 Å². The molecule has 2 aliphatic rings. The van der Waals surface area contributed by atoms with Crippen LogP contribution in [0.2, 0.25) is 0 Å². The molecule has 0 saturated carbocycles. The van der Waals surface area contributed by atoms with E-state index in [1.165, 1.54) is 12.1 Å². The molecule has 1 N–H and O–H groups in total. The molecular formula is C25H24FNO4. The molecule has 1 heterocycles. The Morgan fingerprint density at radius 3 is 2.55 bits per heavy atom. The van der Waals surface area contributed by atoms with Crippen LogP contribution in [0.5, 0.6) is 5.75 Å². The zero-order valence-electron chi connectivity index (χ0n) is 17.3. The molecule has 2 aromatic rings. The highest BCUT2D eigenvalue weighted by atomic mass is 19.1. The van der Waals surface area contributed by atoms with Gasteiger partial charge in [0.25, 0.3) is 0 Å². The minimum Gasteiger partial charge on any atom is -0.490 e. The van der Waals surface area contributed by atoms with Gasteiger partial charge in [0.2, 0.25) is 0 Å². The number of ketones is 1. The first-order chi connectivity index (χ1) is 15.0. The van der Waals surface area contributed by atoms with E-state index < -0.39 is 11.9 Å². The molecule has 5 nitrogen and oxygen atoms in total. The maximum absolute atomic E-state index is 13.5. The van der Waals surface area contributed by atoms with Crippen LogP contribution in [0.4, 0.5) is 4.39 Å². The number of para-hydroxylation sites is 1. The summed E-state index contributed by atoms with van der Waals surface area (Å²) in [6.07, 6.45) is 1.94. The van der Waals surface area contributed by atoms with Crippen molar-refractivity contribution in [3.63, 3.8) is 0 Å². The zero-order valence-corrected chi connectivity index (χ0v) is 17.3. The smallest absolute Gasteiger partial charge is 0.336 e. The summed E-state index contributed by atoms with van der Waals surface area (Å²) in [7, 11) is 0. The van der Waals surface area contributed by atoms with Gasteiger partial charge < -0.3 is 14.8 Å². The van der Waals surface area contributed by atoms with Gasteiger partial charge in [-0.05, 0) is 49.6 Å². The van der Waals surface area contributed by atoms with Crippen LogP contribution in [0.15, 0.2) is 77.1 Å². The predicted octanol–water partition coefficient (Wildman–Crippen LogP) is 4.42. The van der Waals surface area contributed by atoms with E-state index in [4.69, 9.17) is 9.47 Å². The Morgan fingerprint density at radius 1 is 1.06 bits per heavy atom. The molecule has 0 fully saturated rings. The number of esters is 1. The van der Waals surface area contributed by atoms with Crippen molar-refractivity contribution in [1.82, 2.24) is 5.32 Å². The van der Waals surface area contributed by atoms with Gasteiger partial charge in [-0.1, -0.05) is 30.3 Å². The monoisotopic (exact) mass is 421 g/mol.